The van der Waals surface area contributed by atoms with E-state index < -0.39 is 0 Å². The summed E-state index contributed by atoms with van der Waals surface area (Å²) in [5.41, 5.74) is 2.22. The molecule has 1 amide bonds. The Balaban J connectivity index is 0.00000148. The molecule has 0 spiro atoms. The maximum absolute atomic E-state index is 12.3. The molecule has 1 heterocycles. The summed E-state index contributed by atoms with van der Waals surface area (Å²) in [4.78, 5) is 26.2. The van der Waals surface area contributed by atoms with Crippen molar-refractivity contribution < 1.29 is 19.1 Å². The van der Waals surface area contributed by atoms with E-state index in [1.54, 1.807) is 29.2 Å². The second-order valence-electron chi connectivity index (χ2n) is 6.68. The fraction of sp³-hybridized carbons (Fsp3) is 0.481. The fourth-order valence-corrected chi connectivity index (χ4v) is 2.88. The molecule has 32 heavy (non-hydrogen) atoms. The molecule has 1 aliphatic heterocycles. The van der Waals surface area contributed by atoms with Gasteiger partial charge in [-0.1, -0.05) is 76.9 Å². The van der Waals surface area contributed by atoms with Crippen LogP contribution in [0.2, 0.25) is 0 Å². The van der Waals surface area contributed by atoms with Crippen molar-refractivity contribution in [2.45, 2.75) is 68.2 Å². The highest BCUT2D eigenvalue weighted by Crippen LogP contribution is 2.22. The number of rotatable bonds is 3. The molecule has 0 aromatic heterocycles. The average Bonchev–Trinajstić information content (AvgIpc) is 2.86. The van der Waals surface area contributed by atoms with Crippen LogP contribution in [0.15, 0.2) is 48.5 Å². The van der Waals surface area contributed by atoms with Gasteiger partial charge in [0.05, 0.1) is 5.92 Å². The molecule has 0 bridgehead atoms. The Hall–Kier alpha value is -2.82. The van der Waals surface area contributed by atoms with E-state index in [4.69, 9.17) is 9.47 Å². The molecule has 1 saturated heterocycles. The fourth-order valence-electron chi connectivity index (χ4n) is 2.88. The van der Waals surface area contributed by atoms with Crippen LogP contribution in [0.5, 0.6) is 11.5 Å². The third kappa shape index (κ3) is 9.99. The van der Waals surface area contributed by atoms with Gasteiger partial charge in [-0.15, -0.1) is 0 Å². The summed E-state index contributed by atoms with van der Waals surface area (Å²) in [6.07, 6.45) is 0.778. The zero-order chi connectivity index (χ0) is 24.5. The normalized spacial score (nSPS) is 12.6. The van der Waals surface area contributed by atoms with E-state index in [-0.39, 0.29) is 18.0 Å². The van der Waals surface area contributed by atoms with E-state index >= 15 is 0 Å². The molecule has 5 nitrogen and oxygen atoms in total. The van der Waals surface area contributed by atoms with Crippen molar-refractivity contribution in [1.29, 1.82) is 0 Å². The van der Waals surface area contributed by atoms with E-state index in [0.29, 0.717) is 37.4 Å². The Bertz CT molecular complexity index is 694. The predicted molar refractivity (Wildman–Crippen MR) is 132 cm³/mol. The summed E-state index contributed by atoms with van der Waals surface area (Å²) in [6.45, 7) is 16.9. The first-order valence-electron chi connectivity index (χ1n) is 11.8. The maximum Gasteiger partial charge on any atom is 0.415 e. The van der Waals surface area contributed by atoms with Gasteiger partial charge in [-0.25, -0.2) is 4.79 Å². The second kappa shape index (κ2) is 16.8. The molecule has 0 atom stereocenters. The van der Waals surface area contributed by atoms with Crippen LogP contribution in [0.1, 0.15) is 65.5 Å². The van der Waals surface area contributed by atoms with Gasteiger partial charge in [0.1, 0.15) is 11.5 Å². The van der Waals surface area contributed by atoms with Gasteiger partial charge in [-0.2, -0.15) is 0 Å². The van der Waals surface area contributed by atoms with Gasteiger partial charge >= 0.3 is 12.1 Å². The van der Waals surface area contributed by atoms with E-state index in [2.05, 4.69) is 0 Å². The third-order valence-corrected chi connectivity index (χ3v) is 4.55. The van der Waals surface area contributed by atoms with Gasteiger partial charge in [0, 0.05) is 13.1 Å². The largest absolute Gasteiger partial charge is 0.426 e. The topological polar surface area (TPSA) is 55.8 Å². The predicted octanol–water partition coefficient (Wildman–Crippen LogP) is 7.20. The van der Waals surface area contributed by atoms with Crippen LogP contribution in [0.25, 0.3) is 0 Å². The lowest BCUT2D eigenvalue weighted by Gasteiger charge is -2.30. The first kappa shape index (κ1) is 29.2. The highest BCUT2D eigenvalue weighted by Gasteiger charge is 2.29. The van der Waals surface area contributed by atoms with E-state index in [9.17, 15) is 9.59 Å². The number of hydrogen-bond donors (Lipinski definition) is 0. The summed E-state index contributed by atoms with van der Waals surface area (Å²) < 4.78 is 10.8. The van der Waals surface area contributed by atoms with Gasteiger partial charge in [-0.3, -0.25) is 4.79 Å². The number of amides is 1. The highest BCUT2D eigenvalue weighted by molar-refractivity contribution is 5.76. The molecule has 0 saturated carbocycles. The number of benzene rings is 2. The zero-order valence-corrected chi connectivity index (χ0v) is 21.1. The van der Waals surface area contributed by atoms with Crippen molar-refractivity contribution >= 4 is 12.1 Å². The first-order valence-corrected chi connectivity index (χ1v) is 11.8. The molecular weight excluding hydrogens is 402 g/mol. The summed E-state index contributed by atoms with van der Waals surface area (Å²) in [5.74, 6) is 0.656. The monoisotopic (exact) mass is 443 g/mol. The molecular formula is C27H41NO4. The minimum Gasteiger partial charge on any atom is -0.426 e. The van der Waals surface area contributed by atoms with E-state index in [0.717, 1.165) is 11.1 Å². The number of piperidine rings is 1. The van der Waals surface area contributed by atoms with Crippen LogP contribution in [0.3, 0.4) is 0 Å². The number of ether oxygens (including phenoxy) is 2. The van der Waals surface area contributed by atoms with Gasteiger partial charge in [-0.05, 0) is 51.0 Å². The van der Waals surface area contributed by atoms with Crippen LogP contribution >= 0.6 is 0 Å². The molecule has 2 aromatic carbocycles. The van der Waals surface area contributed by atoms with Crippen molar-refractivity contribution in [2.24, 2.45) is 5.92 Å². The van der Waals surface area contributed by atoms with E-state index in [1.165, 1.54) is 0 Å². The van der Waals surface area contributed by atoms with Crippen molar-refractivity contribution in [3.8, 4) is 11.5 Å². The van der Waals surface area contributed by atoms with Gasteiger partial charge in [0.25, 0.3) is 0 Å². The number of hydrogen-bond acceptors (Lipinski definition) is 4. The third-order valence-electron chi connectivity index (χ3n) is 4.55. The van der Waals surface area contributed by atoms with Crippen LogP contribution in [-0.4, -0.2) is 30.1 Å². The number of carbonyl (C=O) groups excluding carboxylic acids is 2. The Labute approximate surface area is 194 Å². The highest BCUT2D eigenvalue weighted by atomic mass is 16.6. The van der Waals surface area contributed by atoms with Gasteiger partial charge in [0.15, 0.2) is 0 Å². The summed E-state index contributed by atoms with van der Waals surface area (Å²) >= 11 is 0. The number of carbonyl (C=O) groups is 2. The molecule has 0 N–H and O–H groups in total. The van der Waals surface area contributed by atoms with Crippen molar-refractivity contribution in [3.63, 3.8) is 0 Å². The molecule has 0 radical (unpaired) electrons. The minimum absolute atomic E-state index is 0.195. The average molecular weight is 444 g/mol. The van der Waals surface area contributed by atoms with Crippen LogP contribution in [0.4, 0.5) is 4.79 Å². The van der Waals surface area contributed by atoms with Crippen molar-refractivity contribution in [1.82, 2.24) is 4.90 Å². The van der Waals surface area contributed by atoms with E-state index in [1.807, 2.05) is 79.7 Å². The lowest BCUT2D eigenvalue weighted by Crippen LogP contribution is -2.42. The molecule has 0 unspecified atom stereocenters. The van der Waals surface area contributed by atoms with Gasteiger partial charge < -0.3 is 14.4 Å². The first-order chi connectivity index (χ1) is 15.5. The molecule has 2 aromatic rings. The van der Waals surface area contributed by atoms with Crippen molar-refractivity contribution in [2.75, 3.05) is 13.1 Å². The van der Waals surface area contributed by atoms with Crippen LogP contribution < -0.4 is 9.47 Å². The van der Waals surface area contributed by atoms with Crippen LogP contribution in [-0.2, 0) is 4.79 Å². The molecule has 1 fully saturated rings. The SMILES string of the molecule is CC.CC.CC.Cc1ccc(OC(=O)C2CCN(C(=O)Oc3ccc(C)cc3)CC2)cc1. The molecule has 1 aliphatic rings. The Morgan fingerprint density at radius 3 is 1.47 bits per heavy atom. The molecule has 3 rings (SSSR count). The second-order valence-corrected chi connectivity index (χ2v) is 6.68. The lowest BCUT2D eigenvalue weighted by molar-refractivity contribution is -0.140. The Morgan fingerprint density at radius 1 is 0.688 bits per heavy atom. The number of likely N-dealkylation sites (tertiary alicyclic amines) is 1. The number of esters is 1. The molecule has 0 aliphatic carbocycles. The van der Waals surface area contributed by atoms with Crippen LogP contribution in [0, 0.1) is 19.8 Å². The quantitative estimate of drug-likeness (QED) is 0.372. The standard InChI is InChI=1S/C21H23NO4.3C2H6/c1-15-3-7-18(8-4-15)25-20(23)17-11-13-22(14-12-17)21(24)26-19-9-5-16(2)6-10-19;3*1-2/h3-10,17H,11-14H2,1-2H3;3*1-2H3. The molecule has 178 valence electrons. The smallest absolute Gasteiger partial charge is 0.415 e. The zero-order valence-electron chi connectivity index (χ0n) is 21.1. The molecule has 5 heteroatoms. The minimum atomic E-state index is -0.376. The summed E-state index contributed by atoms with van der Waals surface area (Å²) in [5, 5.41) is 0. The number of aryl methyl sites for hydroxylation is 2. The van der Waals surface area contributed by atoms with Gasteiger partial charge in [0.2, 0.25) is 0 Å². The number of nitrogens with zero attached hydrogens (tertiary/aromatic N) is 1. The Morgan fingerprint density at radius 2 is 1.06 bits per heavy atom. The summed E-state index contributed by atoms with van der Waals surface area (Å²) in [7, 11) is 0. The summed E-state index contributed by atoms with van der Waals surface area (Å²) in [6, 6.07) is 14.8. The lowest BCUT2D eigenvalue weighted by atomic mass is 9.97. The Kier molecular flexibility index (Phi) is 15.3. The maximum atomic E-state index is 12.3. The van der Waals surface area contributed by atoms with Crippen molar-refractivity contribution in [3.05, 3.63) is 59.7 Å².